The minimum absolute atomic E-state index is 0.0642. The van der Waals surface area contributed by atoms with Crippen LogP contribution in [0.15, 0.2) is 36.4 Å². The monoisotopic (exact) mass is 269 g/mol. The van der Waals surface area contributed by atoms with E-state index in [1.165, 1.54) is 24.3 Å². The number of hydrogen-bond acceptors (Lipinski definition) is 3. The van der Waals surface area contributed by atoms with Crippen LogP contribution < -0.4 is 11.1 Å². The Balaban J connectivity index is 2.33. The largest absolute Gasteiger partial charge is 0.399 e. The summed E-state index contributed by atoms with van der Waals surface area (Å²) in [6.07, 6.45) is 0. The van der Waals surface area contributed by atoms with E-state index in [1.54, 1.807) is 19.1 Å². The molecule has 2 aromatic carbocycles. The van der Waals surface area contributed by atoms with Crippen molar-refractivity contribution in [3.05, 3.63) is 58.9 Å². The van der Waals surface area contributed by atoms with Gasteiger partial charge in [0, 0.05) is 5.69 Å². The van der Waals surface area contributed by atoms with Crippen LogP contribution in [0.3, 0.4) is 0 Å². The number of aryl methyl sites for hydroxylation is 1. The van der Waals surface area contributed by atoms with Crippen molar-refractivity contribution in [2.45, 2.75) is 6.92 Å². The van der Waals surface area contributed by atoms with Gasteiger partial charge in [-0.25, -0.2) is 4.39 Å². The van der Waals surface area contributed by atoms with Gasteiger partial charge in [-0.2, -0.15) is 5.26 Å². The minimum atomic E-state index is -0.609. The zero-order chi connectivity index (χ0) is 14.7. The van der Waals surface area contributed by atoms with E-state index in [0.29, 0.717) is 11.4 Å². The lowest BCUT2D eigenvalue weighted by Gasteiger charge is -2.09. The second-order valence-electron chi connectivity index (χ2n) is 4.35. The molecular formula is C15H12FN3O. The molecule has 100 valence electrons. The molecule has 0 fully saturated rings. The average molecular weight is 269 g/mol. The molecule has 0 unspecified atom stereocenters. The lowest BCUT2D eigenvalue weighted by atomic mass is 10.1. The summed E-state index contributed by atoms with van der Waals surface area (Å²) in [5.74, 6) is -1.21. The second-order valence-corrected chi connectivity index (χ2v) is 4.35. The Morgan fingerprint density at radius 2 is 2.05 bits per heavy atom. The number of hydrogen-bond donors (Lipinski definition) is 2. The van der Waals surface area contributed by atoms with E-state index in [2.05, 4.69) is 5.32 Å². The number of amides is 1. The Hall–Kier alpha value is -2.87. The van der Waals surface area contributed by atoms with Crippen molar-refractivity contribution in [2.75, 3.05) is 11.1 Å². The number of carbonyl (C=O) groups excluding carboxylic acids is 1. The third kappa shape index (κ3) is 2.75. The first-order chi connectivity index (χ1) is 9.51. The van der Waals surface area contributed by atoms with Crippen LogP contribution in [-0.4, -0.2) is 5.91 Å². The summed E-state index contributed by atoms with van der Waals surface area (Å²) in [6.45, 7) is 1.76. The fraction of sp³-hybridized carbons (Fsp3) is 0.0667. The summed E-state index contributed by atoms with van der Waals surface area (Å²) in [4.78, 5) is 12.0. The van der Waals surface area contributed by atoms with E-state index in [4.69, 9.17) is 11.0 Å². The highest BCUT2D eigenvalue weighted by atomic mass is 19.1. The molecule has 0 aliphatic carbocycles. The van der Waals surface area contributed by atoms with Crippen LogP contribution in [0.5, 0.6) is 0 Å². The first kappa shape index (κ1) is 13.6. The number of nitrogen functional groups attached to an aromatic ring is 1. The van der Waals surface area contributed by atoms with Gasteiger partial charge >= 0.3 is 0 Å². The van der Waals surface area contributed by atoms with Crippen molar-refractivity contribution in [3.63, 3.8) is 0 Å². The smallest absolute Gasteiger partial charge is 0.258 e. The van der Waals surface area contributed by atoms with E-state index in [9.17, 15) is 9.18 Å². The summed E-state index contributed by atoms with van der Waals surface area (Å²) in [5.41, 5.74) is 7.22. The average Bonchev–Trinajstić information content (AvgIpc) is 2.43. The molecule has 2 rings (SSSR count). The number of nitrogens with two attached hydrogens (primary N) is 1. The van der Waals surface area contributed by atoms with Gasteiger partial charge in [0.1, 0.15) is 11.9 Å². The molecule has 1 amide bonds. The van der Waals surface area contributed by atoms with E-state index < -0.39 is 11.7 Å². The first-order valence-corrected chi connectivity index (χ1v) is 5.88. The van der Waals surface area contributed by atoms with Crippen molar-refractivity contribution in [3.8, 4) is 6.07 Å². The molecule has 0 saturated heterocycles. The molecule has 0 aliphatic heterocycles. The number of nitriles is 1. The van der Waals surface area contributed by atoms with Gasteiger partial charge in [-0.05, 0) is 37.3 Å². The molecule has 0 aliphatic rings. The number of benzene rings is 2. The second kappa shape index (κ2) is 5.41. The highest BCUT2D eigenvalue weighted by molar-refractivity contribution is 6.05. The van der Waals surface area contributed by atoms with Crippen LogP contribution in [0, 0.1) is 24.1 Å². The van der Waals surface area contributed by atoms with Crippen molar-refractivity contribution >= 4 is 17.3 Å². The highest BCUT2D eigenvalue weighted by Gasteiger charge is 2.13. The van der Waals surface area contributed by atoms with Crippen LogP contribution in [0.1, 0.15) is 21.5 Å². The Morgan fingerprint density at radius 3 is 2.75 bits per heavy atom. The molecule has 0 heterocycles. The molecule has 5 heteroatoms. The summed E-state index contributed by atoms with van der Waals surface area (Å²) in [7, 11) is 0. The third-order valence-electron chi connectivity index (χ3n) is 2.78. The lowest BCUT2D eigenvalue weighted by molar-refractivity contribution is 0.102. The van der Waals surface area contributed by atoms with Crippen molar-refractivity contribution in [2.24, 2.45) is 0 Å². The summed E-state index contributed by atoms with van der Waals surface area (Å²) in [5, 5.41) is 11.5. The van der Waals surface area contributed by atoms with Crippen LogP contribution in [0.25, 0.3) is 0 Å². The van der Waals surface area contributed by atoms with E-state index in [0.717, 1.165) is 5.56 Å². The maximum absolute atomic E-state index is 13.6. The molecule has 0 atom stereocenters. The maximum Gasteiger partial charge on any atom is 0.258 e. The topological polar surface area (TPSA) is 78.9 Å². The zero-order valence-electron chi connectivity index (χ0n) is 10.8. The van der Waals surface area contributed by atoms with Crippen LogP contribution in [0.4, 0.5) is 15.8 Å². The quantitative estimate of drug-likeness (QED) is 0.823. The molecule has 0 saturated carbocycles. The molecule has 4 nitrogen and oxygen atoms in total. The summed E-state index contributed by atoms with van der Waals surface area (Å²) >= 11 is 0. The predicted molar refractivity (Wildman–Crippen MR) is 74.7 cm³/mol. The predicted octanol–water partition coefficient (Wildman–Crippen LogP) is 2.84. The van der Waals surface area contributed by atoms with Crippen LogP contribution >= 0.6 is 0 Å². The van der Waals surface area contributed by atoms with E-state index in [1.807, 2.05) is 6.07 Å². The summed E-state index contributed by atoms with van der Waals surface area (Å²) in [6, 6.07) is 10.7. The molecule has 20 heavy (non-hydrogen) atoms. The molecular weight excluding hydrogens is 257 g/mol. The number of halogens is 1. The Morgan fingerprint density at radius 1 is 1.30 bits per heavy atom. The number of nitrogens with one attached hydrogen (secondary N) is 1. The number of nitrogens with zero attached hydrogens (tertiary/aromatic N) is 1. The number of carbonyl (C=O) groups is 1. The fourth-order valence-electron chi connectivity index (χ4n) is 1.77. The lowest BCUT2D eigenvalue weighted by Crippen LogP contribution is -2.15. The first-order valence-electron chi connectivity index (χ1n) is 5.88. The third-order valence-corrected chi connectivity index (χ3v) is 2.78. The standard InChI is InChI=1S/C15H12FN3O/c1-9-2-4-13(16)12(6-9)15(20)19-14-5-3-11(18)7-10(14)8-17/h2-7H,18H2,1H3,(H,19,20). The van der Waals surface area contributed by atoms with Crippen LogP contribution in [0.2, 0.25) is 0 Å². The van der Waals surface area contributed by atoms with Gasteiger partial charge in [0.25, 0.3) is 5.91 Å². The zero-order valence-corrected chi connectivity index (χ0v) is 10.8. The van der Waals surface area contributed by atoms with Crippen LogP contribution in [-0.2, 0) is 0 Å². The Bertz CT molecular complexity index is 720. The van der Waals surface area contributed by atoms with Gasteiger partial charge in [-0.1, -0.05) is 11.6 Å². The molecule has 0 spiro atoms. The van der Waals surface area contributed by atoms with Crippen molar-refractivity contribution in [1.82, 2.24) is 0 Å². The van der Waals surface area contributed by atoms with Gasteiger partial charge in [0.2, 0.25) is 0 Å². The van der Waals surface area contributed by atoms with Crippen molar-refractivity contribution < 1.29 is 9.18 Å². The maximum atomic E-state index is 13.6. The van der Waals surface area contributed by atoms with Gasteiger partial charge in [0.15, 0.2) is 0 Å². The minimum Gasteiger partial charge on any atom is -0.399 e. The molecule has 2 aromatic rings. The Kier molecular flexibility index (Phi) is 3.67. The molecule has 0 radical (unpaired) electrons. The normalized spacial score (nSPS) is 9.85. The van der Waals surface area contributed by atoms with Crippen molar-refractivity contribution in [1.29, 1.82) is 5.26 Å². The molecule has 3 N–H and O–H groups in total. The SMILES string of the molecule is Cc1ccc(F)c(C(=O)Nc2ccc(N)cc2C#N)c1. The summed E-state index contributed by atoms with van der Waals surface area (Å²) < 4.78 is 13.6. The Labute approximate surface area is 115 Å². The fourth-order valence-corrected chi connectivity index (χ4v) is 1.77. The molecule has 0 bridgehead atoms. The van der Waals surface area contributed by atoms with Gasteiger partial charge in [-0.15, -0.1) is 0 Å². The van der Waals surface area contributed by atoms with E-state index in [-0.39, 0.29) is 11.1 Å². The number of rotatable bonds is 2. The molecule has 0 aromatic heterocycles. The van der Waals surface area contributed by atoms with E-state index >= 15 is 0 Å². The highest BCUT2D eigenvalue weighted by Crippen LogP contribution is 2.19. The number of anilines is 2. The van der Waals surface area contributed by atoms with Gasteiger partial charge < -0.3 is 11.1 Å². The van der Waals surface area contributed by atoms with Gasteiger partial charge in [-0.3, -0.25) is 4.79 Å². The van der Waals surface area contributed by atoms with Gasteiger partial charge in [0.05, 0.1) is 16.8 Å².